The Hall–Kier alpha value is -3.52. The summed E-state index contributed by atoms with van der Waals surface area (Å²) in [5, 5.41) is 0. The summed E-state index contributed by atoms with van der Waals surface area (Å²) >= 11 is 0. The van der Waals surface area contributed by atoms with Gasteiger partial charge in [0.2, 0.25) is 0 Å². The van der Waals surface area contributed by atoms with Gasteiger partial charge in [-0.15, -0.1) is 0 Å². The first-order valence-corrected chi connectivity index (χ1v) is 15.4. The van der Waals surface area contributed by atoms with Crippen LogP contribution in [0.3, 0.4) is 0 Å². The average Bonchev–Trinajstić information content (AvgIpc) is 2.96. The van der Waals surface area contributed by atoms with Crippen LogP contribution in [0.15, 0.2) is 84.9 Å². The molecule has 0 spiro atoms. The first-order valence-electron chi connectivity index (χ1n) is 15.4. The number of anilines is 2. The van der Waals surface area contributed by atoms with Crippen molar-refractivity contribution in [3.63, 3.8) is 0 Å². The smallest absolute Gasteiger partial charge is 0.0314 e. The van der Waals surface area contributed by atoms with Gasteiger partial charge in [0, 0.05) is 11.4 Å². The highest BCUT2D eigenvalue weighted by molar-refractivity contribution is 5.44. The summed E-state index contributed by atoms with van der Waals surface area (Å²) in [6.07, 6.45) is 14.0. The van der Waals surface area contributed by atoms with E-state index in [0.29, 0.717) is 0 Å². The van der Waals surface area contributed by atoms with Crippen molar-refractivity contribution in [1.29, 1.82) is 0 Å². The third kappa shape index (κ3) is 9.01. The number of nitrogen functional groups attached to an aromatic ring is 2. The number of rotatable bonds is 15. The van der Waals surface area contributed by atoms with Gasteiger partial charge in [-0.2, -0.15) is 0 Å². The Morgan fingerprint density at radius 3 is 1.15 bits per heavy atom. The van der Waals surface area contributed by atoms with Gasteiger partial charge in [0.25, 0.3) is 0 Å². The Bertz CT molecular complexity index is 1210. The molecule has 0 aliphatic heterocycles. The van der Waals surface area contributed by atoms with Gasteiger partial charge in [0.15, 0.2) is 0 Å². The fourth-order valence-electron chi connectivity index (χ4n) is 5.61. The van der Waals surface area contributed by atoms with Gasteiger partial charge >= 0.3 is 0 Å². The van der Waals surface area contributed by atoms with Crippen LogP contribution in [0.25, 0.3) is 0 Å². The van der Waals surface area contributed by atoms with Gasteiger partial charge in [-0.05, 0) is 120 Å². The minimum atomic E-state index is 0.828. The molecule has 4 rings (SSSR count). The Labute approximate surface area is 242 Å². The molecule has 0 saturated heterocycles. The molecule has 2 nitrogen and oxygen atoms in total. The minimum Gasteiger partial charge on any atom is -0.399 e. The summed E-state index contributed by atoms with van der Waals surface area (Å²) in [5.74, 6) is 0. The second-order valence-electron chi connectivity index (χ2n) is 11.5. The lowest BCUT2D eigenvalue weighted by atomic mass is 9.91. The number of benzene rings is 4. The molecule has 0 aliphatic carbocycles. The van der Waals surface area contributed by atoms with Gasteiger partial charge < -0.3 is 11.5 Å². The van der Waals surface area contributed by atoms with E-state index in [1.54, 1.807) is 0 Å². The van der Waals surface area contributed by atoms with Gasteiger partial charge in [-0.3, -0.25) is 0 Å². The summed E-state index contributed by atoms with van der Waals surface area (Å²) in [6.45, 7) is 4.56. The molecule has 0 amide bonds. The first-order chi connectivity index (χ1) is 19.5. The van der Waals surface area contributed by atoms with Crippen molar-refractivity contribution in [2.24, 2.45) is 0 Å². The standard InChI is InChI=1S/C38H48N2/c1-3-5-7-9-33-25-29(13-19-35(33)27-31-15-21-37(39)22-16-31)11-12-30-14-20-36(34(26-30)10-8-6-4-2)28-32-17-23-38(40)24-18-32/h13-26H,3-12,27-28,39-40H2,1-2H3. The third-order valence-corrected chi connectivity index (χ3v) is 8.09. The average molecular weight is 533 g/mol. The van der Waals surface area contributed by atoms with Crippen LogP contribution in [0.1, 0.15) is 96.9 Å². The van der Waals surface area contributed by atoms with Gasteiger partial charge in [-0.1, -0.05) is 100 Å². The van der Waals surface area contributed by atoms with Crippen LogP contribution in [-0.4, -0.2) is 0 Å². The molecule has 210 valence electrons. The zero-order valence-corrected chi connectivity index (χ0v) is 24.7. The normalized spacial score (nSPS) is 11.2. The Balaban J connectivity index is 1.48. The Morgan fingerprint density at radius 1 is 0.400 bits per heavy atom. The van der Waals surface area contributed by atoms with Crippen molar-refractivity contribution in [1.82, 2.24) is 0 Å². The second-order valence-corrected chi connectivity index (χ2v) is 11.5. The van der Waals surface area contributed by atoms with Crippen LogP contribution >= 0.6 is 0 Å². The molecule has 0 atom stereocenters. The van der Waals surface area contributed by atoms with Crippen LogP contribution in [0, 0.1) is 0 Å². The van der Waals surface area contributed by atoms with E-state index in [0.717, 1.165) is 49.9 Å². The molecule has 4 N–H and O–H groups in total. The first kappa shape index (κ1) is 29.5. The summed E-state index contributed by atoms with van der Waals surface area (Å²) in [6, 6.07) is 31.1. The zero-order valence-electron chi connectivity index (χ0n) is 24.7. The van der Waals surface area contributed by atoms with Crippen LogP contribution in [-0.2, 0) is 38.5 Å². The molecule has 0 saturated carbocycles. The highest BCUT2D eigenvalue weighted by atomic mass is 14.5. The lowest BCUT2D eigenvalue weighted by Gasteiger charge is -2.14. The molecule has 4 aromatic carbocycles. The predicted molar refractivity (Wildman–Crippen MR) is 174 cm³/mol. The topological polar surface area (TPSA) is 52.0 Å². The molecule has 0 bridgehead atoms. The van der Waals surface area contributed by atoms with E-state index >= 15 is 0 Å². The Kier molecular flexibility index (Phi) is 11.3. The van der Waals surface area contributed by atoms with Crippen molar-refractivity contribution < 1.29 is 0 Å². The SMILES string of the molecule is CCCCCc1cc(CCc2ccc(Cc3ccc(N)cc3)c(CCCCC)c2)ccc1Cc1ccc(N)cc1. The molecule has 0 unspecified atom stereocenters. The lowest BCUT2D eigenvalue weighted by molar-refractivity contribution is 0.712. The van der Waals surface area contributed by atoms with Crippen molar-refractivity contribution >= 4 is 11.4 Å². The molecular weight excluding hydrogens is 484 g/mol. The molecular formula is C38H48N2. The van der Waals surface area contributed by atoms with Crippen molar-refractivity contribution in [2.45, 2.75) is 90.9 Å². The number of nitrogens with two attached hydrogens (primary N) is 2. The highest BCUT2D eigenvalue weighted by Crippen LogP contribution is 2.23. The van der Waals surface area contributed by atoms with Gasteiger partial charge in [0.05, 0.1) is 0 Å². The van der Waals surface area contributed by atoms with Crippen LogP contribution in [0.5, 0.6) is 0 Å². The minimum absolute atomic E-state index is 0.828. The van der Waals surface area contributed by atoms with Crippen LogP contribution < -0.4 is 11.5 Å². The maximum atomic E-state index is 5.92. The van der Waals surface area contributed by atoms with Crippen molar-refractivity contribution in [2.75, 3.05) is 11.5 Å². The lowest BCUT2D eigenvalue weighted by Crippen LogP contribution is -2.02. The van der Waals surface area contributed by atoms with Crippen molar-refractivity contribution in [3.05, 3.63) is 129 Å². The predicted octanol–water partition coefficient (Wildman–Crippen LogP) is 9.28. The molecule has 4 aromatic rings. The zero-order chi connectivity index (χ0) is 28.2. The molecule has 0 fully saturated rings. The molecule has 0 radical (unpaired) electrons. The maximum Gasteiger partial charge on any atom is 0.0314 e. The summed E-state index contributed by atoms with van der Waals surface area (Å²) < 4.78 is 0. The number of aryl methyl sites for hydroxylation is 4. The third-order valence-electron chi connectivity index (χ3n) is 8.09. The molecule has 0 aliphatic rings. The van der Waals surface area contributed by atoms with E-state index in [1.165, 1.54) is 83.0 Å². The molecule has 0 heterocycles. The van der Waals surface area contributed by atoms with E-state index in [-0.39, 0.29) is 0 Å². The molecule has 0 aromatic heterocycles. The quantitative estimate of drug-likeness (QED) is 0.118. The van der Waals surface area contributed by atoms with E-state index in [1.807, 2.05) is 24.3 Å². The van der Waals surface area contributed by atoms with E-state index in [4.69, 9.17) is 11.5 Å². The van der Waals surface area contributed by atoms with E-state index in [9.17, 15) is 0 Å². The summed E-state index contributed by atoms with van der Waals surface area (Å²) in [4.78, 5) is 0. The van der Waals surface area contributed by atoms with Crippen LogP contribution in [0.4, 0.5) is 11.4 Å². The van der Waals surface area contributed by atoms with E-state index < -0.39 is 0 Å². The summed E-state index contributed by atoms with van der Waals surface area (Å²) in [5.41, 5.74) is 25.0. The van der Waals surface area contributed by atoms with Crippen molar-refractivity contribution in [3.8, 4) is 0 Å². The van der Waals surface area contributed by atoms with Crippen LogP contribution in [0.2, 0.25) is 0 Å². The molecule has 2 heteroatoms. The highest BCUT2D eigenvalue weighted by Gasteiger charge is 2.09. The maximum absolute atomic E-state index is 5.92. The number of unbranched alkanes of at least 4 members (excludes halogenated alkanes) is 4. The Morgan fingerprint density at radius 2 is 0.775 bits per heavy atom. The number of hydrogen-bond donors (Lipinski definition) is 2. The largest absolute Gasteiger partial charge is 0.399 e. The fraction of sp³-hybridized carbons (Fsp3) is 0.368. The fourth-order valence-corrected chi connectivity index (χ4v) is 5.61. The summed E-state index contributed by atoms with van der Waals surface area (Å²) in [7, 11) is 0. The number of hydrogen-bond acceptors (Lipinski definition) is 2. The monoisotopic (exact) mass is 532 g/mol. The molecule has 40 heavy (non-hydrogen) atoms. The van der Waals surface area contributed by atoms with Gasteiger partial charge in [0.1, 0.15) is 0 Å². The van der Waals surface area contributed by atoms with E-state index in [2.05, 4.69) is 74.5 Å². The van der Waals surface area contributed by atoms with Gasteiger partial charge in [-0.25, -0.2) is 0 Å². The second kappa shape index (κ2) is 15.3.